The molecule has 0 fully saturated rings. The van der Waals surface area contributed by atoms with Gasteiger partial charge < -0.3 is 14.8 Å². The van der Waals surface area contributed by atoms with Gasteiger partial charge in [-0.25, -0.2) is 13.8 Å². The van der Waals surface area contributed by atoms with E-state index in [9.17, 15) is 13.6 Å². The lowest BCUT2D eigenvalue weighted by Crippen LogP contribution is -2.14. The van der Waals surface area contributed by atoms with Crippen molar-refractivity contribution in [1.29, 1.82) is 0 Å². The van der Waals surface area contributed by atoms with Gasteiger partial charge in [0.15, 0.2) is 11.0 Å². The number of fused-ring (bicyclic) bond motifs is 1. The highest BCUT2D eigenvalue weighted by molar-refractivity contribution is 7.98. The lowest BCUT2D eigenvalue weighted by Gasteiger charge is -2.06. The molecule has 0 unspecified atom stereocenters. The normalized spacial score (nSPS) is 11.2. The van der Waals surface area contributed by atoms with E-state index < -0.39 is 23.2 Å². The first-order valence-corrected chi connectivity index (χ1v) is 10.1. The molecule has 0 atom stereocenters. The van der Waals surface area contributed by atoms with Crippen LogP contribution in [0.3, 0.4) is 0 Å². The first-order valence-electron chi connectivity index (χ1n) is 9.12. The number of rotatable bonds is 7. The fraction of sp³-hybridized carbons (Fsp3) is 0.200. The summed E-state index contributed by atoms with van der Waals surface area (Å²) >= 11 is 1.43. The number of halogens is 2. The summed E-state index contributed by atoms with van der Waals surface area (Å²) in [6.45, 7) is 2.01. The number of aromatic amines is 1. The number of benzene rings is 2. The Bertz CT molecular complexity index is 1190. The molecule has 7 nitrogen and oxygen atoms in total. The molecule has 10 heteroatoms. The van der Waals surface area contributed by atoms with Crippen molar-refractivity contribution >= 4 is 34.4 Å². The molecule has 4 aromatic rings. The third kappa shape index (κ3) is 4.65. The Morgan fingerprint density at radius 2 is 2.00 bits per heavy atom. The van der Waals surface area contributed by atoms with Crippen molar-refractivity contribution in [3.8, 4) is 0 Å². The van der Waals surface area contributed by atoms with Crippen LogP contribution in [0.4, 0.5) is 14.5 Å². The maximum absolute atomic E-state index is 13.6. The van der Waals surface area contributed by atoms with E-state index in [0.29, 0.717) is 11.6 Å². The fourth-order valence-electron chi connectivity index (χ4n) is 2.79. The first kappa shape index (κ1) is 20.0. The standard InChI is InChI=1S/C20H17F2N5O2S/c1-11-5-6-14-15(9-11)24-20(23-14)30-10-16-25-18(29-27-16)8-7-17(28)26-19-12(21)3-2-4-13(19)22/h2-6,9H,7-8,10H2,1H3,(H,23,24)(H,26,28). The van der Waals surface area contributed by atoms with Crippen LogP contribution in [-0.2, 0) is 17.0 Å². The van der Waals surface area contributed by atoms with E-state index in [1.165, 1.54) is 17.8 Å². The van der Waals surface area contributed by atoms with Gasteiger partial charge in [-0.3, -0.25) is 4.79 Å². The molecule has 4 rings (SSSR count). The van der Waals surface area contributed by atoms with E-state index in [4.69, 9.17) is 4.52 Å². The number of imidazole rings is 1. The van der Waals surface area contributed by atoms with Crippen molar-refractivity contribution in [2.75, 3.05) is 5.32 Å². The van der Waals surface area contributed by atoms with Crippen LogP contribution in [0.15, 0.2) is 46.1 Å². The summed E-state index contributed by atoms with van der Waals surface area (Å²) in [4.78, 5) is 23.9. The van der Waals surface area contributed by atoms with Crippen LogP contribution < -0.4 is 5.32 Å². The second-order valence-electron chi connectivity index (χ2n) is 6.60. The van der Waals surface area contributed by atoms with Crippen LogP contribution in [0.1, 0.15) is 23.7 Å². The van der Waals surface area contributed by atoms with Crippen molar-refractivity contribution in [1.82, 2.24) is 20.1 Å². The molecule has 2 N–H and O–H groups in total. The van der Waals surface area contributed by atoms with Gasteiger partial charge in [-0.05, 0) is 36.8 Å². The minimum absolute atomic E-state index is 0.0501. The number of hydrogen-bond donors (Lipinski definition) is 2. The molecular formula is C20H17F2N5O2S. The summed E-state index contributed by atoms with van der Waals surface area (Å²) in [6.07, 6.45) is 0.106. The molecule has 30 heavy (non-hydrogen) atoms. The molecule has 0 aliphatic carbocycles. The van der Waals surface area contributed by atoms with Gasteiger partial charge in [0, 0.05) is 12.8 Å². The van der Waals surface area contributed by atoms with Crippen molar-refractivity contribution < 1.29 is 18.1 Å². The number of nitrogens with one attached hydrogen (secondary N) is 2. The molecule has 0 saturated heterocycles. The fourth-order valence-corrected chi connectivity index (χ4v) is 3.52. The van der Waals surface area contributed by atoms with Gasteiger partial charge in [0.2, 0.25) is 11.8 Å². The van der Waals surface area contributed by atoms with E-state index in [2.05, 4.69) is 25.4 Å². The minimum atomic E-state index is -0.832. The smallest absolute Gasteiger partial charge is 0.227 e. The molecule has 2 aromatic heterocycles. The Kier molecular flexibility index (Phi) is 5.75. The summed E-state index contributed by atoms with van der Waals surface area (Å²) in [6, 6.07) is 9.35. The number of aryl methyl sites for hydroxylation is 2. The topological polar surface area (TPSA) is 96.7 Å². The monoisotopic (exact) mass is 429 g/mol. The van der Waals surface area contributed by atoms with E-state index in [-0.39, 0.29) is 18.7 Å². The Balaban J connectivity index is 1.30. The second kappa shape index (κ2) is 8.62. The summed E-state index contributed by atoms with van der Waals surface area (Å²) in [7, 11) is 0. The number of para-hydroxylation sites is 1. The summed E-state index contributed by atoms with van der Waals surface area (Å²) in [5, 5.41) is 6.86. The second-order valence-corrected chi connectivity index (χ2v) is 7.56. The molecule has 0 bridgehead atoms. The molecule has 154 valence electrons. The van der Waals surface area contributed by atoms with Gasteiger partial charge in [0.1, 0.15) is 17.3 Å². The maximum atomic E-state index is 13.6. The number of hydrogen-bond acceptors (Lipinski definition) is 6. The van der Waals surface area contributed by atoms with E-state index in [0.717, 1.165) is 33.9 Å². The predicted octanol–water partition coefficient (Wildman–Crippen LogP) is 4.40. The number of amides is 1. The molecule has 0 saturated carbocycles. The van der Waals surface area contributed by atoms with Crippen molar-refractivity contribution in [2.45, 2.75) is 30.7 Å². The largest absolute Gasteiger partial charge is 0.339 e. The average Bonchev–Trinajstić information content (AvgIpc) is 3.33. The number of carbonyl (C=O) groups excluding carboxylic acids is 1. The van der Waals surface area contributed by atoms with E-state index >= 15 is 0 Å². The van der Waals surface area contributed by atoms with E-state index in [1.54, 1.807) is 0 Å². The highest BCUT2D eigenvalue weighted by Gasteiger charge is 2.14. The number of carbonyl (C=O) groups is 1. The number of H-pyrrole nitrogens is 1. The molecule has 0 radical (unpaired) electrons. The Morgan fingerprint density at radius 1 is 1.20 bits per heavy atom. The maximum Gasteiger partial charge on any atom is 0.227 e. The van der Waals surface area contributed by atoms with Gasteiger partial charge in [0.05, 0.1) is 16.8 Å². The molecule has 2 aromatic carbocycles. The Labute approximate surface area is 174 Å². The SMILES string of the molecule is Cc1ccc2nc(SCc3noc(CCC(=O)Nc4c(F)cccc4F)n3)[nH]c2c1. The van der Waals surface area contributed by atoms with Crippen LogP contribution in [0, 0.1) is 18.6 Å². The molecular weight excluding hydrogens is 412 g/mol. The third-order valence-electron chi connectivity index (χ3n) is 4.26. The van der Waals surface area contributed by atoms with E-state index in [1.807, 2.05) is 25.1 Å². The number of anilines is 1. The number of aromatic nitrogens is 4. The molecule has 2 heterocycles. The van der Waals surface area contributed by atoms with Crippen LogP contribution >= 0.6 is 11.8 Å². The zero-order valence-corrected chi connectivity index (χ0v) is 16.7. The quantitative estimate of drug-likeness (QED) is 0.423. The summed E-state index contributed by atoms with van der Waals surface area (Å²) in [5.74, 6) is -1.04. The minimum Gasteiger partial charge on any atom is -0.339 e. The average molecular weight is 429 g/mol. The summed E-state index contributed by atoms with van der Waals surface area (Å²) in [5.41, 5.74) is 2.52. The lowest BCUT2D eigenvalue weighted by molar-refractivity contribution is -0.116. The van der Waals surface area contributed by atoms with Gasteiger partial charge in [-0.1, -0.05) is 29.1 Å². The molecule has 0 aliphatic heterocycles. The first-order chi connectivity index (χ1) is 14.5. The number of thioether (sulfide) groups is 1. The van der Waals surface area contributed by atoms with Crippen molar-refractivity contribution in [3.05, 3.63) is 65.3 Å². The molecule has 0 aliphatic rings. The molecule has 1 amide bonds. The number of nitrogens with zero attached hydrogens (tertiary/aromatic N) is 3. The van der Waals surface area contributed by atoms with Gasteiger partial charge >= 0.3 is 0 Å². The Morgan fingerprint density at radius 3 is 2.80 bits per heavy atom. The summed E-state index contributed by atoms with van der Waals surface area (Å²) < 4.78 is 32.3. The predicted molar refractivity (Wildman–Crippen MR) is 108 cm³/mol. The Hall–Kier alpha value is -3.27. The van der Waals surface area contributed by atoms with Crippen LogP contribution in [-0.4, -0.2) is 26.0 Å². The lowest BCUT2D eigenvalue weighted by atomic mass is 10.2. The van der Waals surface area contributed by atoms with Gasteiger partial charge in [-0.2, -0.15) is 4.98 Å². The van der Waals surface area contributed by atoms with Crippen LogP contribution in [0.25, 0.3) is 11.0 Å². The van der Waals surface area contributed by atoms with Gasteiger partial charge in [0.25, 0.3) is 0 Å². The van der Waals surface area contributed by atoms with Crippen molar-refractivity contribution in [3.63, 3.8) is 0 Å². The van der Waals surface area contributed by atoms with Crippen molar-refractivity contribution in [2.24, 2.45) is 0 Å². The van der Waals surface area contributed by atoms with Gasteiger partial charge in [-0.15, -0.1) is 0 Å². The highest BCUT2D eigenvalue weighted by atomic mass is 32.2. The van der Waals surface area contributed by atoms with Crippen LogP contribution in [0.5, 0.6) is 0 Å². The zero-order chi connectivity index (χ0) is 21.1. The molecule has 0 spiro atoms. The van der Waals surface area contributed by atoms with Crippen LogP contribution in [0.2, 0.25) is 0 Å². The zero-order valence-electron chi connectivity index (χ0n) is 15.9. The third-order valence-corrected chi connectivity index (χ3v) is 5.13. The highest BCUT2D eigenvalue weighted by Crippen LogP contribution is 2.23.